The van der Waals surface area contributed by atoms with E-state index in [4.69, 9.17) is 5.73 Å². The minimum Gasteiger partial charge on any atom is -0.379 e. The van der Waals surface area contributed by atoms with Crippen molar-refractivity contribution in [1.29, 1.82) is 0 Å². The summed E-state index contributed by atoms with van der Waals surface area (Å²) in [5, 5.41) is 9.05. The van der Waals surface area contributed by atoms with E-state index in [2.05, 4.69) is 41.8 Å². The number of benzene rings is 1. The van der Waals surface area contributed by atoms with E-state index in [-0.39, 0.29) is 5.41 Å². The van der Waals surface area contributed by atoms with Crippen LogP contribution in [0.5, 0.6) is 0 Å². The van der Waals surface area contributed by atoms with Gasteiger partial charge in [-0.3, -0.25) is 0 Å². The second kappa shape index (κ2) is 6.13. The number of aromatic nitrogens is 1. The zero-order valence-electron chi connectivity index (χ0n) is 12.4. The van der Waals surface area contributed by atoms with Crippen LogP contribution in [-0.2, 0) is 12.0 Å². The van der Waals surface area contributed by atoms with E-state index in [1.54, 1.807) is 23.5 Å². The Kier molecular flexibility index (Phi) is 4.47. The average Bonchev–Trinajstić information content (AvgIpc) is 2.86. The molecule has 2 aromatic rings. The van der Waals surface area contributed by atoms with Crippen molar-refractivity contribution in [3.05, 3.63) is 40.3 Å². The molecule has 0 radical (unpaired) electrons. The number of thiazole rings is 1. The van der Waals surface area contributed by atoms with E-state index in [1.165, 1.54) is 0 Å². The third kappa shape index (κ3) is 4.46. The summed E-state index contributed by atoms with van der Waals surface area (Å²) in [5.74, 6) is 0. The molecule has 0 spiro atoms. The monoisotopic (exact) mass is 304 g/mol. The zero-order valence-corrected chi connectivity index (χ0v) is 13.3. The van der Waals surface area contributed by atoms with Crippen molar-refractivity contribution in [2.75, 3.05) is 10.6 Å². The van der Waals surface area contributed by atoms with Gasteiger partial charge < -0.3 is 16.4 Å². The molecule has 0 aliphatic heterocycles. The normalized spacial score (nSPS) is 11.2. The molecule has 2 amide bonds. The Bertz CT molecular complexity index is 613. The van der Waals surface area contributed by atoms with E-state index in [9.17, 15) is 4.79 Å². The average molecular weight is 304 g/mol. The fourth-order valence-corrected chi connectivity index (χ4v) is 2.65. The fraction of sp³-hybridized carbons (Fsp3) is 0.333. The second-order valence-electron chi connectivity index (χ2n) is 5.81. The maximum Gasteiger partial charge on any atom is 0.316 e. The van der Waals surface area contributed by atoms with Gasteiger partial charge in [0.1, 0.15) is 0 Å². The summed E-state index contributed by atoms with van der Waals surface area (Å²) in [6.07, 6.45) is 0. The summed E-state index contributed by atoms with van der Waals surface area (Å²) in [7, 11) is 0. The van der Waals surface area contributed by atoms with Gasteiger partial charge in [0.25, 0.3) is 0 Å². The summed E-state index contributed by atoms with van der Waals surface area (Å²) < 4.78 is 0. The van der Waals surface area contributed by atoms with Crippen LogP contribution >= 0.6 is 11.3 Å². The lowest BCUT2D eigenvalue weighted by molar-refractivity contribution is 0.259. The Balaban J connectivity index is 1.94. The van der Waals surface area contributed by atoms with Crippen LogP contribution in [0.1, 0.15) is 31.5 Å². The molecule has 0 aliphatic rings. The quantitative estimate of drug-likeness (QED) is 0.808. The SMILES string of the molecule is CC(C)(C)c1nc(CNc2ccc(NC(N)=O)cc2)cs1. The summed E-state index contributed by atoms with van der Waals surface area (Å²) in [4.78, 5) is 15.4. The van der Waals surface area contributed by atoms with E-state index < -0.39 is 6.03 Å². The molecule has 0 fully saturated rings. The molecule has 112 valence electrons. The van der Waals surface area contributed by atoms with Crippen molar-refractivity contribution in [3.63, 3.8) is 0 Å². The van der Waals surface area contributed by atoms with E-state index in [1.807, 2.05) is 12.1 Å². The van der Waals surface area contributed by atoms with Gasteiger partial charge in [0, 0.05) is 22.2 Å². The Morgan fingerprint density at radius 2 is 1.86 bits per heavy atom. The van der Waals surface area contributed by atoms with Gasteiger partial charge in [-0.15, -0.1) is 11.3 Å². The highest BCUT2D eigenvalue weighted by molar-refractivity contribution is 7.09. The molecule has 6 heteroatoms. The first-order chi connectivity index (χ1) is 9.84. The third-order valence-electron chi connectivity index (χ3n) is 2.82. The van der Waals surface area contributed by atoms with Crippen LogP contribution in [0, 0.1) is 0 Å². The van der Waals surface area contributed by atoms with Gasteiger partial charge in [-0.2, -0.15) is 0 Å². The van der Waals surface area contributed by atoms with E-state index in [0.717, 1.165) is 16.4 Å². The molecule has 2 rings (SSSR count). The molecule has 0 saturated heterocycles. The van der Waals surface area contributed by atoms with Crippen LogP contribution in [0.2, 0.25) is 0 Å². The standard InChI is InChI=1S/C15H20N4OS/c1-15(2,3)13-18-12(9-21-13)8-17-10-4-6-11(7-5-10)19-14(16)20/h4-7,9,17H,8H2,1-3H3,(H3,16,19,20). The molecule has 0 aliphatic carbocycles. The number of carbonyl (C=O) groups is 1. The van der Waals surface area contributed by atoms with Crippen molar-refractivity contribution in [3.8, 4) is 0 Å². The predicted octanol–water partition coefficient (Wildman–Crippen LogP) is 3.54. The van der Waals surface area contributed by atoms with Gasteiger partial charge in [-0.1, -0.05) is 20.8 Å². The summed E-state index contributed by atoms with van der Waals surface area (Å²) in [5.41, 5.74) is 7.83. The topological polar surface area (TPSA) is 80.0 Å². The molecule has 5 nitrogen and oxygen atoms in total. The number of rotatable bonds is 4. The van der Waals surface area contributed by atoms with Crippen LogP contribution in [0.25, 0.3) is 0 Å². The highest BCUT2D eigenvalue weighted by Gasteiger charge is 2.17. The molecule has 4 N–H and O–H groups in total. The summed E-state index contributed by atoms with van der Waals surface area (Å²) >= 11 is 1.69. The van der Waals surface area contributed by atoms with Gasteiger partial charge in [0.15, 0.2) is 0 Å². The number of amides is 2. The lowest BCUT2D eigenvalue weighted by atomic mass is 9.98. The Morgan fingerprint density at radius 3 is 2.38 bits per heavy atom. The molecule has 1 heterocycles. The third-order valence-corrected chi connectivity index (χ3v) is 4.14. The van der Waals surface area contributed by atoms with Crippen LogP contribution < -0.4 is 16.4 Å². The highest BCUT2D eigenvalue weighted by Crippen LogP contribution is 2.25. The van der Waals surface area contributed by atoms with Gasteiger partial charge in [-0.05, 0) is 24.3 Å². The van der Waals surface area contributed by atoms with Crippen molar-refractivity contribution in [2.45, 2.75) is 32.7 Å². The molecule has 0 bridgehead atoms. The Morgan fingerprint density at radius 1 is 1.24 bits per heavy atom. The Labute approximate surface area is 128 Å². The molecule has 1 aromatic heterocycles. The second-order valence-corrected chi connectivity index (χ2v) is 6.67. The smallest absolute Gasteiger partial charge is 0.316 e. The number of nitrogens with zero attached hydrogens (tertiary/aromatic N) is 1. The molecule has 21 heavy (non-hydrogen) atoms. The Hall–Kier alpha value is -2.08. The summed E-state index contributed by atoms with van der Waals surface area (Å²) in [6.45, 7) is 7.16. The number of hydrogen-bond donors (Lipinski definition) is 3. The van der Waals surface area contributed by atoms with Crippen LogP contribution in [0.3, 0.4) is 0 Å². The number of anilines is 2. The molecule has 1 aromatic carbocycles. The summed E-state index contributed by atoms with van der Waals surface area (Å²) in [6, 6.07) is 6.82. The van der Waals surface area contributed by atoms with Gasteiger partial charge >= 0.3 is 6.03 Å². The predicted molar refractivity (Wildman–Crippen MR) is 87.8 cm³/mol. The van der Waals surface area contributed by atoms with Gasteiger partial charge in [0.2, 0.25) is 0 Å². The first-order valence-corrected chi connectivity index (χ1v) is 7.58. The fourth-order valence-electron chi connectivity index (χ4n) is 1.74. The first-order valence-electron chi connectivity index (χ1n) is 6.70. The molecule has 0 atom stereocenters. The van der Waals surface area contributed by atoms with Gasteiger partial charge in [-0.25, -0.2) is 9.78 Å². The largest absolute Gasteiger partial charge is 0.379 e. The number of primary amides is 1. The van der Waals surface area contributed by atoms with E-state index >= 15 is 0 Å². The number of urea groups is 1. The maximum absolute atomic E-state index is 10.7. The van der Waals surface area contributed by atoms with Gasteiger partial charge in [0.05, 0.1) is 17.2 Å². The molecular weight excluding hydrogens is 284 g/mol. The van der Waals surface area contributed by atoms with Crippen LogP contribution in [0.4, 0.5) is 16.2 Å². The molecular formula is C15H20N4OS. The van der Waals surface area contributed by atoms with Crippen molar-refractivity contribution in [2.24, 2.45) is 5.73 Å². The number of hydrogen-bond acceptors (Lipinski definition) is 4. The van der Waals surface area contributed by atoms with Crippen molar-refractivity contribution < 1.29 is 4.79 Å². The number of carbonyl (C=O) groups excluding carboxylic acids is 1. The molecule has 0 unspecified atom stereocenters. The molecule has 0 saturated carbocycles. The first kappa shape index (κ1) is 15.3. The maximum atomic E-state index is 10.7. The zero-order chi connectivity index (χ0) is 15.5. The van der Waals surface area contributed by atoms with Crippen LogP contribution in [0.15, 0.2) is 29.6 Å². The lowest BCUT2D eigenvalue weighted by Crippen LogP contribution is -2.19. The van der Waals surface area contributed by atoms with Crippen LogP contribution in [-0.4, -0.2) is 11.0 Å². The van der Waals surface area contributed by atoms with Crippen molar-refractivity contribution in [1.82, 2.24) is 4.98 Å². The lowest BCUT2D eigenvalue weighted by Gasteiger charge is -2.13. The minimum atomic E-state index is -0.562. The van der Waals surface area contributed by atoms with E-state index in [0.29, 0.717) is 12.2 Å². The number of nitrogens with two attached hydrogens (primary N) is 1. The number of nitrogens with one attached hydrogen (secondary N) is 2. The van der Waals surface area contributed by atoms with Crippen molar-refractivity contribution >= 4 is 28.7 Å². The highest BCUT2D eigenvalue weighted by atomic mass is 32.1. The minimum absolute atomic E-state index is 0.0883.